The van der Waals surface area contributed by atoms with Crippen LogP contribution < -0.4 is 9.47 Å². The number of hydrogen-bond donors (Lipinski definition) is 0. The van der Waals surface area contributed by atoms with Gasteiger partial charge >= 0.3 is 0 Å². The summed E-state index contributed by atoms with van der Waals surface area (Å²) in [5.41, 5.74) is 0. The summed E-state index contributed by atoms with van der Waals surface area (Å²) in [6.45, 7) is 1.35. The highest BCUT2D eigenvalue weighted by Gasteiger charge is 1.96. The molecule has 0 unspecified atom stereocenters. The molecule has 0 aliphatic carbocycles. The van der Waals surface area contributed by atoms with Gasteiger partial charge < -0.3 is 14.3 Å². The topological polar surface area (TPSA) is 35.5 Å². The molecule has 0 aliphatic heterocycles. The molecule has 3 heteroatoms. The van der Waals surface area contributed by atoms with Gasteiger partial charge in [-0.1, -0.05) is 0 Å². The van der Waals surface area contributed by atoms with Crippen LogP contribution in [-0.2, 0) is 4.79 Å². The smallest absolute Gasteiger partial charge is 0.230 e. The Morgan fingerprint density at radius 3 is 2.91 bits per heavy atom. The van der Waals surface area contributed by atoms with Crippen LogP contribution in [0.2, 0.25) is 0 Å². The van der Waals surface area contributed by atoms with E-state index in [-0.39, 0.29) is 5.97 Å². The molecule has 0 saturated carbocycles. The Kier molecular flexibility index (Phi) is 2.21. The second-order valence-electron chi connectivity index (χ2n) is 2.05. The molecular weight excluding hydrogens is 144 g/mol. The van der Waals surface area contributed by atoms with Crippen molar-refractivity contribution in [1.29, 1.82) is 0 Å². The van der Waals surface area contributed by atoms with Gasteiger partial charge in [-0.25, -0.2) is 0 Å². The maximum Gasteiger partial charge on any atom is 0.230 e. The Morgan fingerprint density at radius 1 is 1.64 bits per heavy atom. The molecule has 11 heavy (non-hydrogen) atoms. The molecule has 3 nitrogen and oxygen atoms in total. The van der Waals surface area contributed by atoms with Crippen molar-refractivity contribution in [1.82, 2.24) is 0 Å². The lowest BCUT2D eigenvalue weighted by Crippen LogP contribution is -2.01. The van der Waals surface area contributed by atoms with Crippen LogP contribution >= 0.6 is 0 Å². The van der Waals surface area contributed by atoms with Crippen LogP contribution in [0.4, 0.5) is 0 Å². The summed E-state index contributed by atoms with van der Waals surface area (Å²) in [4.78, 5) is 10.5. The van der Waals surface area contributed by atoms with Gasteiger partial charge in [0, 0.05) is 0 Å². The van der Waals surface area contributed by atoms with Crippen LogP contribution in [0.15, 0.2) is 18.2 Å². The number of carbonyl (C=O) groups is 1. The molecule has 1 aromatic carbocycles. The van der Waals surface area contributed by atoms with E-state index < -0.39 is 0 Å². The maximum atomic E-state index is 10.5. The molecule has 0 saturated heterocycles. The average molecular weight is 153 g/mol. The van der Waals surface area contributed by atoms with Crippen molar-refractivity contribution in [3.63, 3.8) is 0 Å². The van der Waals surface area contributed by atoms with Gasteiger partial charge in [-0.3, -0.25) is 0 Å². The zero-order valence-corrected chi connectivity index (χ0v) is 6.46. The van der Waals surface area contributed by atoms with Crippen LogP contribution in [0.3, 0.4) is 0 Å². The zero-order valence-electron chi connectivity index (χ0n) is 6.46. The van der Waals surface area contributed by atoms with Crippen molar-refractivity contribution in [3.8, 4) is 11.5 Å². The fourth-order valence-corrected chi connectivity index (χ4v) is 0.795. The minimum Gasteiger partial charge on any atom is -0.514 e. The summed E-state index contributed by atoms with van der Waals surface area (Å²) in [5, 5.41) is 0. The van der Waals surface area contributed by atoms with E-state index in [0.717, 1.165) is 0 Å². The maximum absolute atomic E-state index is 10.5. The van der Waals surface area contributed by atoms with Crippen molar-refractivity contribution in [2.75, 3.05) is 7.11 Å². The second-order valence-corrected chi connectivity index (χ2v) is 2.05. The van der Waals surface area contributed by atoms with Crippen molar-refractivity contribution in [2.24, 2.45) is 0 Å². The first kappa shape index (κ1) is 7.72. The normalized spacial score (nSPS) is 9.27. The predicted molar refractivity (Wildman–Crippen MR) is 39.9 cm³/mol. The molecule has 1 aromatic rings. The Morgan fingerprint density at radius 2 is 2.36 bits per heavy atom. The van der Waals surface area contributed by atoms with Gasteiger partial charge in [0.15, 0.2) is 0 Å². The van der Waals surface area contributed by atoms with Crippen molar-refractivity contribution in [2.45, 2.75) is 6.92 Å². The van der Waals surface area contributed by atoms with Crippen LogP contribution in [0.1, 0.15) is 6.92 Å². The van der Waals surface area contributed by atoms with Gasteiger partial charge in [-0.15, -0.1) is 12.1 Å². The fourth-order valence-electron chi connectivity index (χ4n) is 0.795. The molecule has 1 rings (SSSR count). The minimum atomic E-state index is -0.338. The van der Waals surface area contributed by atoms with Crippen LogP contribution in [-0.4, -0.2) is 13.1 Å². The van der Waals surface area contributed by atoms with Crippen molar-refractivity contribution in [3.05, 3.63) is 18.2 Å². The van der Waals surface area contributed by atoms with E-state index in [1.54, 1.807) is 18.2 Å². The Balaban J connectivity index is 2.76. The number of methoxy groups -OCH3 is 1. The van der Waals surface area contributed by atoms with E-state index in [1.165, 1.54) is 14.0 Å². The number of ether oxygens (including phenoxy) is 2. The lowest BCUT2D eigenvalue weighted by Gasteiger charge is -2.08. The zero-order chi connectivity index (χ0) is 8.27. The highest BCUT2D eigenvalue weighted by Crippen LogP contribution is 2.27. The Hall–Kier alpha value is -1.38. The SMILES string of the molecule is COc1ccc[c-]1OC(C)=O. The number of esters is 1. The summed E-state index contributed by atoms with van der Waals surface area (Å²) >= 11 is 0. The molecular formula is C8H9O3-. The molecule has 0 aliphatic rings. The third-order valence-electron chi connectivity index (χ3n) is 1.21. The summed E-state index contributed by atoms with van der Waals surface area (Å²) in [5.74, 6) is 0.717. The number of carbonyl (C=O) groups excluding carboxylic acids is 1. The first-order valence-corrected chi connectivity index (χ1v) is 3.22. The summed E-state index contributed by atoms with van der Waals surface area (Å²) in [6.07, 6.45) is 0. The highest BCUT2D eigenvalue weighted by molar-refractivity contribution is 5.70. The largest absolute Gasteiger partial charge is 0.514 e. The molecule has 0 atom stereocenters. The number of hydrogen-bond acceptors (Lipinski definition) is 3. The van der Waals surface area contributed by atoms with E-state index >= 15 is 0 Å². The molecule has 0 bridgehead atoms. The molecule has 0 fully saturated rings. The van der Waals surface area contributed by atoms with E-state index in [4.69, 9.17) is 9.47 Å². The lowest BCUT2D eigenvalue weighted by molar-refractivity contribution is -0.131. The van der Waals surface area contributed by atoms with Crippen LogP contribution in [0.25, 0.3) is 0 Å². The van der Waals surface area contributed by atoms with Gasteiger partial charge in [-0.05, 0) is 6.92 Å². The van der Waals surface area contributed by atoms with E-state index in [0.29, 0.717) is 11.5 Å². The van der Waals surface area contributed by atoms with Crippen molar-refractivity contribution < 1.29 is 14.3 Å². The van der Waals surface area contributed by atoms with Crippen LogP contribution in [0.5, 0.6) is 11.5 Å². The van der Waals surface area contributed by atoms with E-state index in [2.05, 4.69) is 0 Å². The highest BCUT2D eigenvalue weighted by atomic mass is 16.6. The molecule has 0 radical (unpaired) electrons. The molecule has 0 heterocycles. The fraction of sp³-hybridized carbons (Fsp3) is 0.250. The summed E-state index contributed by atoms with van der Waals surface area (Å²) < 4.78 is 9.72. The molecule has 0 aromatic heterocycles. The second kappa shape index (κ2) is 3.14. The van der Waals surface area contributed by atoms with Crippen molar-refractivity contribution >= 4 is 5.97 Å². The number of rotatable bonds is 2. The van der Waals surface area contributed by atoms with Crippen LogP contribution in [0, 0.1) is 0 Å². The first-order chi connectivity index (χ1) is 5.24. The molecule has 0 N–H and O–H groups in total. The summed E-state index contributed by atoms with van der Waals surface area (Å²) in [6, 6.07) is 5.18. The third kappa shape index (κ3) is 1.77. The Bertz CT molecular complexity index is 250. The molecule has 0 amide bonds. The van der Waals surface area contributed by atoms with Gasteiger partial charge in [0.05, 0.1) is 18.6 Å². The van der Waals surface area contributed by atoms with Gasteiger partial charge in [-0.2, -0.15) is 6.07 Å². The van der Waals surface area contributed by atoms with E-state index in [1.807, 2.05) is 0 Å². The monoisotopic (exact) mass is 153 g/mol. The molecule has 60 valence electrons. The van der Waals surface area contributed by atoms with E-state index in [9.17, 15) is 4.79 Å². The lowest BCUT2D eigenvalue weighted by atomic mass is 10.5. The summed E-state index contributed by atoms with van der Waals surface area (Å²) in [7, 11) is 1.53. The minimum absolute atomic E-state index is 0.338. The quantitative estimate of drug-likeness (QED) is 0.475. The predicted octanol–water partition coefficient (Wildman–Crippen LogP) is 1.34. The van der Waals surface area contributed by atoms with Gasteiger partial charge in [0.2, 0.25) is 5.97 Å². The molecule has 0 spiro atoms. The standard InChI is InChI=1S/C8H9O3/c1-6(9)11-8-5-3-4-7(8)10-2/h3-5H,1-2H3/q-1. The third-order valence-corrected chi connectivity index (χ3v) is 1.21. The average Bonchev–Trinajstić information content (AvgIpc) is 2.34. The van der Waals surface area contributed by atoms with Gasteiger partial charge in [0.25, 0.3) is 0 Å². The van der Waals surface area contributed by atoms with Gasteiger partial charge in [0.1, 0.15) is 0 Å². The Labute approximate surface area is 64.9 Å². The first-order valence-electron chi connectivity index (χ1n) is 3.22.